The summed E-state index contributed by atoms with van der Waals surface area (Å²) in [5, 5.41) is 18.8. The smallest absolute Gasteiger partial charge is 0.368 e. The zero-order valence-corrected chi connectivity index (χ0v) is 14.4. The summed E-state index contributed by atoms with van der Waals surface area (Å²) >= 11 is 0. The molecule has 1 N–H and O–H groups in total. The minimum Gasteiger partial charge on any atom is -0.496 e. The van der Waals surface area contributed by atoms with Gasteiger partial charge in [-0.15, -0.1) is 0 Å². The van der Waals surface area contributed by atoms with Crippen LogP contribution in [0.4, 0.5) is 11.6 Å². The van der Waals surface area contributed by atoms with Gasteiger partial charge in [-0.05, 0) is 29.9 Å². The topological polar surface area (TPSA) is 94.6 Å². The number of nitrogens with zero attached hydrogens (tertiary/aromatic N) is 4. The SMILES string of the molecule is COc1ccccc1C1(CNc2ccc3ncc([N+](=O)[O-])n3n2)CCC1. The Hall–Kier alpha value is -3.16. The van der Waals surface area contributed by atoms with Crippen molar-refractivity contribution in [2.75, 3.05) is 19.0 Å². The van der Waals surface area contributed by atoms with Crippen LogP contribution in [0.5, 0.6) is 5.75 Å². The summed E-state index contributed by atoms with van der Waals surface area (Å²) < 4.78 is 6.79. The van der Waals surface area contributed by atoms with Gasteiger partial charge in [0.15, 0.2) is 5.82 Å². The van der Waals surface area contributed by atoms with E-state index in [4.69, 9.17) is 4.74 Å². The van der Waals surface area contributed by atoms with Gasteiger partial charge in [0.25, 0.3) is 0 Å². The second-order valence-electron chi connectivity index (χ2n) is 6.55. The van der Waals surface area contributed by atoms with E-state index in [1.54, 1.807) is 19.2 Å². The Kier molecular flexibility index (Phi) is 3.95. The molecule has 0 atom stereocenters. The molecule has 8 nitrogen and oxygen atoms in total. The molecule has 1 aliphatic rings. The molecule has 0 spiro atoms. The maximum atomic E-state index is 11.1. The highest BCUT2D eigenvalue weighted by Gasteiger charge is 2.40. The Balaban J connectivity index is 1.60. The van der Waals surface area contributed by atoms with Gasteiger partial charge < -0.3 is 20.2 Å². The predicted octanol–water partition coefficient (Wildman–Crippen LogP) is 3.18. The lowest BCUT2D eigenvalue weighted by Crippen LogP contribution is -2.41. The number of benzene rings is 1. The number of imidazole rings is 1. The highest BCUT2D eigenvalue weighted by atomic mass is 16.6. The van der Waals surface area contributed by atoms with Gasteiger partial charge in [0, 0.05) is 23.6 Å². The summed E-state index contributed by atoms with van der Waals surface area (Å²) in [4.78, 5) is 14.6. The molecule has 1 fully saturated rings. The monoisotopic (exact) mass is 353 g/mol. The summed E-state index contributed by atoms with van der Waals surface area (Å²) in [7, 11) is 1.69. The fourth-order valence-electron chi connectivity index (χ4n) is 3.57. The zero-order chi connectivity index (χ0) is 18.1. The van der Waals surface area contributed by atoms with Crippen molar-refractivity contribution in [2.45, 2.75) is 24.7 Å². The molecule has 1 aromatic carbocycles. The lowest BCUT2D eigenvalue weighted by Gasteiger charge is -2.43. The first kappa shape index (κ1) is 16.3. The maximum absolute atomic E-state index is 11.1. The van der Waals surface area contributed by atoms with E-state index in [0.29, 0.717) is 18.0 Å². The highest BCUT2D eigenvalue weighted by Crippen LogP contribution is 2.47. The number of rotatable bonds is 6. The van der Waals surface area contributed by atoms with E-state index in [0.717, 1.165) is 18.6 Å². The molecule has 2 aromatic heterocycles. The molecule has 1 aliphatic carbocycles. The average molecular weight is 353 g/mol. The number of methoxy groups -OCH3 is 1. The molecular weight excluding hydrogens is 334 g/mol. The number of aromatic nitrogens is 3. The van der Waals surface area contributed by atoms with Gasteiger partial charge in [0.05, 0.1) is 7.11 Å². The van der Waals surface area contributed by atoms with Crippen LogP contribution < -0.4 is 10.1 Å². The molecule has 0 saturated heterocycles. The molecule has 0 radical (unpaired) electrons. The van der Waals surface area contributed by atoms with Gasteiger partial charge in [-0.1, -0.05) is 34.2 Å². The molecule has 1 saturated carbocycles. The Morgan fingerprint density at radius 2 is 2.12 bits per heavy atom. The standard InChI is InChI=1S/C18H19N5O3/c1-26-14-6-3-2-5-13(14)18(9-4-10-18)12-20-15-7-8-16-19-11-17(23(24)25)22(16)21-15/h2-3,5-8,11H,4,9-10,12H2,1H3,(H,20,21). The molecule has 0 bridgehead atoms. The van der Waals surface area contributed by atoms with Crippen LogP contribution in [0.3, 0.4) is 0 Å². The number of nitrogens with one attached hydrogen (secondary N) is 1. The molecule has 8 heteroatoms. The average Bonchev–Trinajstić information content (AvgIpc) is 3.04. The fourth-order valence-corrected chi connectivity index (χ4v) is 3.57. The number of ether oxygens (including phenoxy) is 1. The van der Waals surface area contributed by atoms with Crippen molar-refractivity contribution in [3.8, 4) is 5.75 Å². The molecule has 0 unspecified atom stereocenters. The van der Waals surface area contributed by atoms with Crippen LogP contribution in [0.25, 0.3) is 5.65 Å². The normalized spacial score (nSPS) is 15.4. The van der Waals surface area contributed by atoms with Crippen molar-refractivity contribution < 1.29 is 9.66 Å². The van der Waals surface area contributed by atoms with E-state index in [9.17, 15) is 10.1 Å². The number of hydrogen-bond donors (Lipinski definition) is 1. The van der Waals surface area contributed by atoms with Crippen LogP contribution in [-0.4, -0.2) is 33.2 Å². The lowest BCUT2D eigenvalue weighted by atomic mass is 9.64. The zero-order valence-electron chi connectivity index (χ0n) is 14.4. The minimum absolute atomic E-state index is 0.00981. The summed E-state index contributed by atoms with van der Waals surface area (Å²) in [6.07, 6.45) is 4.51. The lowest BCUT2D eigenvalue weighted by molar-refractivity contribution is -0.391. The summed E-state index contributed by atoms with van der Waals surface area (Å²) in [6.45, 7) is 0.689. The van der Waals surface area contributed by atoms with Crippen LogP contribution in [0.1, 0.15) is 24.8 Å². The number of fused-ring (bicyclic) bond motifs is 1. The van der Waals surface area contributed by atoms with Gasteiger partial charge in [-0.25, -0.2) is 4.98 Å². The van der Waals surface area contributed by atoms with Crippen molar-refractivity contribution in [3.05, 3.63) is 58.3 Å². The van der Waals surface area contributed by atoms with Crippen LogP contribution in [-0.2, 0) is 5.41 Å². The van der Waals surface area contributed by atoms with Crippen LogP contribution >= 0.6 is 0 Å². The summed E-state index contributed by atoms with van der Waals surface area (Å²) in [5.74, 6) is 1.33. The van der Waals surface area contributed by atoms with Gasteiger partial charge in [-0.3, -0.25) is 0 Å². The Bertz CT molecular complexity index is 964. The molecule has 0 aliphatic heterocycles. The fraction of sp³-hybridized carbons (Fsp3) is 0.333. The third-order valence-electron chi connectivity index (χ3n) is 5.13. The van der Waals surface area contributed by atoms with Crippen molar-refractivity contribution in [1.82, 2.24) is 14.6 Å². The third kappa shape index (κ3) is 2.63. The van der Waals surface area contributed by atoms with Gasteiger partial charge in [0.2, 0.25) is 5.65 Å². The van der Waals surface area contributed by atoms with E-state index >= 15 is 0 Å². The Labute approximate surface area is 150 Å². The molecule has 3 aromatic rings. The molecule has 26 heavy (non-hydrogen) atoms. The largest absolute Gasteiger partial charge is 0.496 e. The van der Waals surface area contributed by atoms with E-state index in [1.165, 1.54) is 22.7 Å². The summed E-state index contributed by atoms with van der Waals surface area (Å²) in [5.41, 5.74) is 1.63. The first-order valence-corrected chi connectivity index (χ1v) is 8.49. The molecule has 134 valence electrons. The van der Waals surface area contributed by atoms with Gasteiger partial charge >= 0.3 is 5.82 Å². The van der Waals surface area contributed by atoms with Gasteiger partial charge in [-0.2, -0.15) is 0 Å². The van der Waals surface area contributed by atoms with Crippen molar-refractivity contribution in [1.29, 1.82) is 0 Å². The Morgan fingerprint density at radius 1 is 1.31 bits per heavy atom. The first-order chi connectivity index (χ1) is 12.6. The van der Waals surface area contributed by atoms with Crippen molar-refractivity contribution in [3.63, 3.8) is 0 Å². The third-order valence-corrected chi connectivity index (χ3v) is 5.13. The summed E-state index contributed by atoms with van der Waals surface area (Å²) in [6, 6.07) is 11.6. The second-order valence-corrected chi connectivity index (χ2v) is 6.55. The molecule has 2 heterocycles. The predicted molar refractivity (Wildman–Crippen MR) is 96.7 cm³/mol. The number of hydrogen-bond acceptors (Lipinski definition) is 6. The number of para-hydroxylation sites is 1. The maximum Gasteiger partial charge on any atom is 0.368 e. The quantitative estimate of drug-likeness (QED) is 0.540. The molecular formula is C18H19N5O3. The number of nitro groups is 1. The van der Waals surface area contributed by atoms with Crippen LogP contribution in [0.15, 0.2) is 42.6 Å². The number of anilines is 1. The van der Waals surface area contributed by atoms with E-state index in [2.05, 4.69) is 21.5 Å². The molecule has 0 amide bonds. The van der Waals surface area contributed by atoms with E-state index in [1.807, 2.05) is 18.2 Å². The van der Waals surface area contributed by atoms with Gasteiger partial charge in [0.1, 0.15) is 11.9 Å². The van der Waals surface area contributed by atoms with E-state index in [-0.39, 0.29) is 11.2 Å². The van der Waals surface area contributed by atoms with Crippen molar-refractivity contribution in [2.24, 2.45) is 0 Å². The van der Waals surface area contributed by atoms with Crippen molar-refractivity contribution >= 4 is 17.3 Å². The molecule has 4 rings (SSSR count). The highest BCUT2D eigenvalue weighted by molar-refractivity contribution is 5.49. The first-order valence-electron chi connectivity index (χ1n) is 8.49. The van der Waals surface area contributed by atoms with Crippen LogP contribution in [0, 0.1) is 10.1 Å². The van der Waals surface area contributed by atoms with Crippen LogP contribution in [0.2, 0.25) is 0 Å². The Morgan fingerprint density at radius 3 is 2.81 bits per heavy atom. The minimum atomic E-state index is -0.487. The van der Waals surface area contributed by atoms with E-state index < -0.39 is 4.92 Å². The second kappa shape index (κ2) is 6.29.